The van der Waals surface area contributed by atoms with Crippen molar-refractivity contribution in [3.05, 3.63) is 75.7 Å². The number of aromatic hydroxyl groups is 2. The number of allylic oxidation sites excluding steroid dienone is 4. The van der Waals surface area contributed by atoms with Crippen LogP contribution in [-0.4, -0.2) is 33.6 Å². The van der Waals surface area contributed by atoms with Crippen LogP contribution in [0.15, 0.2) is 53.4 Å². The van der Waals surface area contributed by atoms with Gasteiger partial charge in [0.1, 0.15) is 34.0 Å². The molecule has 0 bridgehead atoms. The number of hydrogen-bond donors (Lipinski definition) is 3. The fourth-order valence-electron chi connectivity index (χ4n) is 4.90. The third-order valence-electron chi connectivity index (χ3n) is 6.93. The second kappa shape index (κ2) is 8.73. The first-order chi connectivity index (χ1) is 16.5. The third kappa shape index (κ3) is 3.81. The van der Waals surface area contributed by atoms with Crippen LogP contribution in [-0.2, 0) is 21.4 Å². The Hall–Kier alpha value is -3.87. The molecule has 2 aromatic rings. The fourth-order valence-corrected chi connectivity index (χ4v) is 4.90. The quantitative estimate of drug-likeness (QED) is 0.326. The number of carbonyl (C=O) groups excluding carboxylic acids is 3. The van der Waals surface area contributed by atoms with Crippen LogP contribution in [0.25, 0.3) is 0 Å². The van der Waals surface area contributed by atoms with Gasteiger partial charge in [-0.15, -0.1) is 0 Å². The highest BCUT2D eigenvalue weighted by atomic mass is 16.5. The van der Waals surface area contributed by atoms with Crippen molar-refractivity contribution >= 4 is 17.3 Å². The van der Waals surface area contributed by atoms with Crippen molar-refractivity contribution in [1.82, 2.24) is 5.32 Å². The smallest absolute Gasteiger partial charge is 0.194 e. The number of ketones is 3. The molecule has 2 atom stereocenters. The Labute approximate surface area is 204 Å². The number of carbonyl (C=O) groups is 3. The average Bonchev–Trinajstić information content (AvgIpc) is 3.09. The molecule has 0 unspecified atom stereocenters. The topological polar surface area (TPSA) is 113 Å². The zero-order valence-corrected chi connectivity index (χ0v) is 20.5. The van der Waals surface area contributed by atoms with Gasteiger partial charge in [0, 0.05) is 23.4 Å². The largest absolute Gasteiger partial charge is 0.507 e. The molecule has 35 heavy (non-hydrogen) atoms. The van der Waals surface area contributed by atoms with Gasteiger partial charge in [-0.25, -0.2) is 0 Å². The molecule has 7 heteroatoms. The number of hydrogen-bond acceptors (Lipinski definition) is 7. The lowest BCUT2D eigenvalue weighted by atomic mass is 9.70. The normalized spacial score (nSPS) is 21.0. The fraction of sp³-hybridized carbons (Fsp3) is 0.321. The van der Waals surface area contributed by atoms with Crippen LogP contribution in [0.3, 0.4) is 0 Å². The van der Waals surface area contributed by atoms with Gasteiger partial charge in [0.25, 0.3) is 0 Å². The molecule has 0 saturated carbocycles. The van der Waals surface area contributed by atoms with Crippen molar-refractivity contribution in [2.24, 2.45) is 0 Å². The van der Waals surface area contributed by atoms with Crippen LogP contribution in [0.5, 0.6) is 17.2 Å². The highest BCUT2D eigenvalue weighted by Gasteiger charge is 2.56. The maximum Gasteiger partial charge on any atom is 0.194 e. The minimum atomic E-state index is -1.51. The number of rotatable bonds is 6. The highest BCUT2D eigenvalue weighted by molar-refractivity contribution is 6.31. The molecule has 182 valence electrons. The van der Waals surface area contributed by atoms with E-state index in [0.29, 0.717) is 5.70 Å². The van der Waals surface area contributed by atoms with Crippen molar-refractivity contribution in [3.8, 4) is 17.2 Å². The Morgan fingerprint density at radius 2 is 1.77 bits per heavy atom. The molecule has 3 N–H and O–H groups in total. The number of fused-ring (bicyclic) bond motifs is 3. The van der Waals surface area contributed by atoms with Crippen LogP contribution < -0.4 is 10.1 Å². The third-order valence-corrected chi connectivity index (χ3v) is 6.93. The number of ether oxygens (including phenoxy) is 1. The molecule has 0 radical (unpaired) electrons. The van der Waals surface area contributed by atoms with Crippen LogP contribution in [0, 0.1) is 6.92 Å². The zero-order chi connectivity index (χ0) is 25.7. The van der Waals surface area contributed by atoms with Gasteiger partial charge in [0.15, 0.2) is 17.3 Å². The Kier molecular flexibility index (Phi) is 6.05. The second-order valence-electron chi connectivity index (χ2n) is 9.46. The minimum Gasteiger partial charge on any atom is -0.507 e. The van der Waals surface area contributed by atoms with E-state index in [4.69, 9.17) is 4.74 Å². The van der Waals surface area contributed by atoms with Gasteiger partial charge in [-0.05, 0) is 53.0 Å². The summed E-state index contributed by atoms with van der Waals surface area (Å²) in [7, 11) is 0. The summed E-state index contributed by atoms with van der Waals surface area (Å²) in [6, 6.07) is 10.0. The molecule has 1 aliphatic carbocycles. The molecule has 0 spiro atoms. The maximum absolute atomic E-state index is 13.8. The van der Waals surface area contributed by atoms with Crippen LogP contribution >= 0.6 is 0 Å². The lowest BCUT2D eigenvalue weighted by Crippen LogP contribution is -2.41. The van der Waals surface area contributed by atoms with E-state index in [1.165, 1.54) is 25.5 Å². The molecule has 2 aliphatic rings. The first kappa shape index (κ1) is 24.3. The molecule has 2 aromatic carbocycles. The van der Waals surface area contributed by atoms with Gasteiger partial charge in [0.2, 0.25) is 0 Å². The first-order valence-corrected chi connectivity index (χ1v) is 11.6. The van der Waals surface area contributed by atoms with Crippen LogP contribution in [0.2, 0.25) is 0 Å². The van der Waals surface area contributed by atoms with E-state index in [0.717, 1.165) is 12.8 Å². The second-order valence-corrected chi connectivity index (χ2v) is 9.46. The van der Waals surface area contributed by atoms with E-state index in [-0.39, 0.29) is 45.6 Å². The summed E-state index contributed by atoms with van der Waals surface area (Å²) in [5.74, 6) is -2.33. The van der Waals surface area contributed by atoms with Crippen LogP contribution in [0.1, 0.15) is 61.2 Å². The molecular weight excluding hydrogens is 446 g/mol. The molecule has 0 saturated heterocycles. The molecule has 4 rings (SSSR count). The summed E-state index contributed by atoms with van der Waals surface area (Å²) < 4.78 is 5.80. The first-order valence-electron chi connectivity index (χ1n) is 11.6. The van der Waals surface area contributed by atoms with E-state index < -0.39 is 28.5 Å². The van der Waals surface area contributed by atoms with Crippen LogP contribution in [0.4, 0.5) is 0 Å². The lowest BCUT2D eigenvalue weighted by Gasteiger charge is -2.29. The van der Waals surface area contributed by atoms with Gasteiger partial charge in [-0.3, -0.25) is 14.4 Å². The van der Waals surface area contributed by atoms with Gasteiger partial charge in [-0.2, -0.15) is 0 Å². The molecule has 0 amide bonds. The summed E-state index contributed by atoms with van der Waals surface area (Å²) >= 11 is 0. The van der Waals surface area contributed by atoms with Gasteiger partial charge < -0.3 is 20.3 Å². The Bertz CT molecular complexity index is 1320. The predicted molar refractivity (Wildman–Crippen MR) is 131 cm³/mol. The minimum absolute atomic E-state index is 0.00878. The molecule has 1 aliphatic heterocycles. The number of Topliss-reactive ketones (excluding diaryl/α,β-unsaturated/α-hetero) is 2. The maximum atomic E-state index is 13.8. The number of benzene rings is 2. The summed E-state index contributed by atoms with van der Waals surface area (Å²) in [4.78, 5) is 39.2. The van der Waals surface area contributed by atoms with E-state index >= 15 is 0 Å². The van der Waals surface area contributed by atoms with Gasteiger partial charge >= 0.3 is 0 Å². The Morgan fingerprint density at radius 3 is 2.40 bits per heavy atom. The van der Waals surface area contributed by atoms with Gasteiger partial charge in [0.05, 0.1) is 11.1 Å². The van der Waals surface area contributed by atoms with Crippen molar-refractivity contribution in [2.45, 2.75) is 58.9 Å². The Balaban J connectivity index is 1.72. The SMILES string of the molecule is CC(=O)c1c(O)c(C)c(O)c2c1OC1=CC(=O)/C(=C(/C)N[C@@H](C)CCc3ccccc3)C(=O)[C@@]12C. The molecule has 1 heterocycles. The standard InChI is InChI=1S/C28H29NO6/c1-14(11-12-18-9-7-6-8-10-18)29-16(3)21-19(31)13-20-28(5,27(21)34)23-25(33)15(2)24(32)22(17(4)30)26(23)35-20/h6-10,13-14,29,32-33H,11-12H2,1-5H3/b21-16+/t14-,28-/m0/s1. The van der Waals surface area contributed by atoms with E-state index in [2.05, 4.69) is 17.4 Å². The summed E-state index contributed by atoms with van der Waals surface area (Å²) in [6.07, 6.45) is 2.86. The molecular formula is C28H29NO6. The molecule has 0 aromatic heterocycles. The molecule has 0 fully saturated rings. The summed E-state index contributed by atoms with van der Waals surface area (Å²) in [6.45, 7) is 7.95. The molecule has 7 nitrogen and oxygen atoms in total. The van der Waals surface area contributed by atoms with Gasteiger partial charge in [-0.1, -0.05) is 30.3 Å². The number of aryl methyl sites for hydroxylation is 1. The van der Waals surface area contributed by atoms with Crippen molar-refractivity contribution in [3.63, 3.8) is 0 Å². The number of nitrogens with one attached hydrogen (secondary N) is 1. The van der Waals surface area contributed by atoms with Crippen molar-refractivity contribution in [1.29, 1.82) is 0 Å². The van der Waals surface area contributed by atoms with E-state index in [1.54, 1.807) is 13.8 Å². The average molecular weight is 476 g/mol. The van der Waals surface area contributed by atoms with Crippen molar-refractivity contribution in [2.75, 3.05) is 0 Å². The predicted octanol–water partition coefficient (Wildman–Crippen LogP) is 4.18. The summed E-state index contributed by atoms with van der Waals surface area (Å²) in [5, 5.41) is 24.6. The van der Waals surface area contributed by atoms with E-state index in [1.807, 2.05) is 25.1 Å². The Morgan fingerprint density at radius 1 is 1.11 bits per heavy atom. The zero-order valence-electron chi connectivity index (χ0n) is 20.5. The monoisotopic (exact) mass is 475 g/mol. The highest BCUT2D eigenvalue weighted by Crippen LogP contribution is 2.57. The van der Waals surface area contributed by atoms with E-state index in [9.17, 15) is 24.6 Å². The lowest BCUT2D eigenvalue weighted by molar-refractivity contribution is -0.123. The number of phenolic OH excluding ortho intramolecular Hbond substituents is 2. The number of phenols is 2. The van der Waals surface area contributed by atoms with Crippen molar-refractivity contribution < 1.29 is 29.3 Å². The summed E-state index contributed by atoms with van der Waals surface area (Å²) in [5.41, 5.74) is 0.139.